The van der Waals surface area contributed by atoms with Crippen LogP contribution in [0.4, 0.5) is 0 Å². The van der Waals surface area contributed by atoms with Gasteiger partial charge < -0.3 is 9.97 Å². The third-order valence-corrected chi connectivity index (χ3v) is 3.09. The summed E-state index contributed by atoms with van der Waals surface area (Å²) < 4.78 is 0. The third-order valence-electron chi connectivity index (χ3n) is 3.09. The molecule has 2 aromatic carbocycles. The van der Waals surface area contributed by atoms with Crippen molar-refractivity contribution in [3.8, 4) is 11.4 Å². The van der Waals surface area contributed by atoms with Gasteiger partial charge in [0.05, 0.1) is 28.4 Å². The predicted octanol–water partition coefficient (Wildman–Crippen LogP) is 3.11. The van der Waals surface area contributed by atoms with E-state index in [1.165, 1.54) is 0 Å². The van der Waals surface area contributed by atoms with E-state index in [1.807, 2.05) is 42.5 Å². The fourth-order valence-electron chi connectivity index (χ4n) is 2.24. The number of fused-ring (bicyclic) bond motifs is 2. The van der Waals surface area contributed by atoms with Crippen molar-refractivity contribution in [1.29, 1.82) is 0 Å². The van der Waals surface area contributed by atoms with E-state index < -0.39 is 0 Å². The van der Waals surface area contributed by atoms with Gasteiger partial charge in [0.15, 0.2) is 0 Å². The van der Waals surface area contributed by atoms with Gasteiger partial charge in [0.25, 0.3) is 0 Å². The van der Waals surface area contributed by atoms with E-state index >= 15 is 0 Å². The summed E-state index contributed by atoms with van der Waals surface area (Å²) in [5.41, 5.74) is 4.99. The zero-order chi connectivity index (χ0) is 11.9. The van der Waals surface area contributed by atoms with E-state index in [2.05, 4.69) is 19.9 Å². The Morgan fingerprint density at radius 3 is 2.72 bits per heavy atom. The number of nitrogens with zero attached hydrogens (tertiary/aromatic N) is 2. The molecule has 0 amide bonds. The highest BCUT2D eigenvalue weighted by atomic mass is 14.9. The summed E-state index contributed by atoms with van der Waals surface area (Å²) in [6.45, 7) is 0. The third kappa shape index (κ3) is 1.26. The molecule has 0 spiro atoms. The number of rotatable bonds is 1. The first kappa shape index (κ1) is 9.41. The lowest BCUT2D eigenvalue weighted by Gasteiger charge is -1.97. The number of H-pyrrole nitrogens is 2. The van der Waals surface area contributed by atoms with Crippen molar-refractivity contribution in [2.24, 2.45) is 0 Å². The first-order valence-corrected chi connectivity index (χ1v) is 5.79. The molecule has 4 heteroatoms. The van der Waals surface area contributed by atoms with Gasteiger partial charge in [-0.2, -0.15) is 0 Å². The zero-order valence-corrected chi connectivity index (χ0v) is 9.51. The monoisotopic (exact) mass is 234 g/mol. The predicted molar refractivity (Wildman–Crippen MR) is 71.2 cm³/mol. The van der Waals surface area contributed by atoms with E-state index in [1.54, 1.807) is 6.33 Å². The number of hydrogen-bond acceptors (Lipinski definition) is 2. The van der Waals surface area contributed by atoms with Gasteiger partial charge in [-0.15, -0.1) is 0 Å². The van der Waals surface area contributed by atoms with E-state index in [4.69, 9.17) is 0 Å². The minimum Gasteiger partial charge on any atom is -0.345 e. The van der Waals surface area contributed by atoms with Crippen molar-refractivity contribution in [3.05, 3.63) is 48.8 Å². The van der Waals surface area contributed by atoms with Gasteiger partial charge in [0.2, 0.25) is 0 Å². The van der Waals surface area contributed by atoms with Crippen LogP contribution in [0.1, 0.15) is 0 Å². The molecule has 0 bridgehead atoms. The summed E-state index contributed by atoms with van der Waals surface area (Å²) in [6, 6.07) is 14.1. The van der Waals surface area contributed by atoms with Crippen LogP contribution in [0, 0.1) is 0 Å². The Morgan fingerprint density at radius 2 is 1.78 bits per heavy atom. The molecule has 0 unspecified atom stereocenters. The number of hydrogen-bond donors (Lipinski definition) is 2. The summed E-state index contributed by atoms with van der Waals surface area (Å²) in [5, 5.41) is 0. The Bertz CT molecular complexity index is 808. The first-order valence-electron chi connectivity index (χ1n) is 5.79. The van der Waals surface area contributed by atoms with E-state index in [0.29, 0.717) is 0 Å². The minimum absolute atomic E-state index is 0.855. The Balaban J connectivity index is 2.04. The molecule has 0 radical (unpaired) electrons. The Kier molecular flexibility index (Phi) is 1.80. The number of benzene rings is 2. The second kappa shape index (κ2) is 3.43. The van der Waals surface area contributed by atoms with Gasteiger partial charge in [-0.1, -0.05) is 18.2 Å². The quantitative estimate of drug-likeness (QED) is 0.531. The van der Waals surface area contributed by atoms with Crippen molar-refractivity contribution >= 4 is 22.1 Å². The number of aromatic amines is 2. The standard InChI is InChI=1S/C14H10N4/c1-2-6-11-10(5-1)17-14(18-11)9-4-3-7-12-13(9)16-8-15-12/h1-8H,(H,15,16)(H,17,18). The molecule has 0 aliphatic heterocycles. The molecule has 2 aromatic heterocycles. The maximum Gasteiger partial charge on any atom is 0.140 e. The lowest BCUT2D eigenvalue weighted by molar-refractivity contribution is 1.32. The van der Waals surface area contributed by atoms with Crippen LogP contribution in [0.2, 0.25) is 0 Å². The average molecular weight is 234 g/mol. The van der Waals surface area contributed by atoms with Gasteiger partial charge in [0, 0.05) is 5.56 Å². The molecule has 86 valence electrons. The molecule has 0 saturated heterocycles. The van der Waals surface area contributed by atoms with Crippen LogP contribution >= 0.6 is 0 Å². The highest BCUT2D eigenvalue weighted by Gasteiger charge is 2.09. The SMILES string of the molecule is c1ccc2[nH]c(-c3cccc4[nH]cnc34)nc2c1. The molecule has 4 rings (SSSR count). The topological polar surface area (TPSA) is 57.4 Å². The highest BCUT2D eigenvalue weighted by molar-refractivity contribution is 5.91. The van der Waals surface area contributed by atoms with E-state index in [9.17, 15) is 0 Å². The van der Waals surface area contributed by atoms with Gasteiger partial charge >= 0.3 is 0 Å². The summed E-state index contributed by atoms with van der Waals surface area (Å²) in [7, 11) is 0. The van der Waals surface area contributed by atoms with E-state index in [-0.39, 0.29) is 0 Å². The summed E-state index contributed by atoms with van der Waals surface area (Å²) in [6.07, 6.45) is 1.71. The van der Waals surface area contributed by atoms with E-state index in [0.717, 1.165) is 33.5 Å². The van der Waals surface area contributed by atoms with Crippen LogP contribution in [-0.4, -0.2) is 19.9 Å². The average Bonchev–Trinajstić information content (AvgIpc) is 3.04. The molecule has 0 saturated carbocycles. The smallest absolute Gasteiger partial charge is 0.140 e. The van der Waals surface area contributed by atoms with Crippen molar-refractivity contribution in [2.75, 3.05) is 0 Å². The normalized spacial score (nSPS) is 11.3. The second-order valence-corrected chi connectivity index (χ2v) is 4.21. The Hall–Kier alpha value is -2.62. The van der Waals surface area contributed by atoms with Gasteiger partial charge in [-0.05, 0) is 24.3 Å². The maximum absolute atomic E-state index is 4.60. The zero-order valence-electron chi connectivity index (χ0n) is 9.51. The van der Waals surface area contributed by atoms with Gasteiger partial charge in [-0.25, -0.2) is 9.97 Å². The first-order chi connectivity index (χ1) is 8.92. The van der Waals surface area contributed by atoms with Crippen LogP contribution < -0.4 is 0 Å². The molecule has 2 heterocycles. The number of imidazole rings is 2. The molecule has 0 aliphatic rings. The lowest BCUT2D eigenvalue weighted by Crippen LogP contribution is -1.82. The van der Waals surface area contributed by atoms with Crippen molar-refractivity contribution in [3.63, 3.8) is 0 Å². The molecule has 2 N–H and O–H groups in total. The number of para-hydroxylation sites is 3. The lowest BCUT2D eigenvalue weighted by atomic mass is 10.2. The second-order valence-electron chi connectivity index (χ2n) is 4.21. The maximum atomic E-state index is 4.60. The summed E-state index contributed by atoms with van der Waals surface area (Å²) in [5.74, 6) is 0.855. The summed E-state index contributed by atoms with van der Waals surface area (Å²) in [4.78, 5) is 15.4. The molecule has 18 heavy (non-hydrogen) atoms. The van der Waals surface area contributed by atoms with Crippen molar-refractivity contribution < 1.29 is 0 Å². The molecule has 0 fully saturated rings. The largest absolute Gasteiger partial charge is 0.345 e. The number of nitrogens with one attached hydrogen (secondary N) is 2. The molecule has 4 nitrogen and oxygen atoms in total. The van der Waals surface area contributed by atoms with Crippen LogP contribution in [0.5, 0.6) is 0 Å². The molecule has 0 atom stereocenters. The Morgan fingerprint density at radius 1 is 0.889 bits per heavy atom. The van der Waals surface area contributed by atoms with Crippen LogP contribution in [0.3, 0.4) is 0 Å². The fourth-order valence-corrected chi connectivity index (χ4v) is 2.24. The highest BCUT2D eigenvalue weighted by Crippen LogP contribution is 2.25. The fraction of sp³-hybridized carbons (Fsp3) is 0. The van der Waals surface area contributed by atoms with Crippen LogP contribution in [0.15, 0.2) is 48.8 Å². The molecule has 0 aliphatic carbocycles. The molecule has 4 aromatic rings. The molecular formula is C14H10N4. The molecular weight excluding hydrogens is 224 g/mol. The minimum atomic E-state index is 0.855. The van der Waals surface area contributed by atoms with Gasteiger partial charge in [-0.3, -0.25) is 0 Å². The Labute approximate surface area is 103 Å². The van der Waals surface area contributed by atoms with Crippen molar-refractivity contribution in [1.82, 2.24) is 19.9 Å². The van der Waals surface area contributed by atoms with Gasteiger partial charge in [0.1, 0.15) is 5.82 Å². The van der Waals surface area contributed by atoms with Crippen LogP contribution in [-0.2, 0) is 0 Å². The number of aromatic nitrogens is 4. The van der Waals surface area contributed by atoms with Crippen LogP contribution in [0.25, 0.3) is 33.5 Å². The summed E-state index contributed by atoms with van der Waals surface area (Å²) >= 11 is 0. The van der Waals surface area contributed by atoms with Crippen molar-refractivity contribution in [2.45, 2.75) is 0 Å².